The number of hydrogen-bond donors (Lipinski definition) is 0. The first-order valence-corrected chi connectivity index (χ1v) is 3.69. The van der Waals surface area contributed by atoms with Crippen molar-refractivity contribution in [2.45, 2.75) is 39.2 Å². The van der Waals surface area contributed by atoms with E-state index in [0.29, 0.717) is 6.42 Å². The Morgan fingerprint density at radius 2 is 2.30 bits per heavy atom. The number of carbonyl (C=O) groups is 1. The van der Waals surface area contributed by atoms with Crippen LogP contribution in [0.15, 0.2) is 0 Å². The second-order valence-corrected chi connectivity index (χ2v) is 2.40. The van der Waals surface area contributed by atoms with Gasteiger partial charge in [-0.1, -0.05) is 13.3 Å². The SMILES string of the molecule is [CH2][C@@H](C)OC(=O)CCCC. The van der Waals surface area contributed by atoms with Crippen molar-refractivity contribution in [3.8, 4) is 0 Å². The summed E-state index contributed by atoms with van der Waals surface area (Å²) in [6.07, 6.45) is 2.24. The van der Waals surface area contributed by atoms with Crippen LogP contribution in [-0.4, -0.2) is 12.1 Å². The van der Waals surface area contributed by atoms with E-state index in [4.69, 9.17) is 4.74 Å². The lowest BCUT2D eigenvalue weighted by Gasteiger charge is -2.06. The summed E-state index contributed by atoms with van der Waals surface area (Å²) in [6, 6.07) is 0. The summed E-state index contributed by atoms with van der Waals surface area (Å²) >= 11 is 0. The molecule has 0 aliphatic carbocycles. The fourth-order valence-electron chi connectivity index (χ4n) is 0.604. The fourth-order valence-corrected chi connectivity index (χ4v) is 0.604. The monoisotopic (exact) mass is 143 g/mol. The van der Waals surface area contributed by atoms with Gasteiger partial charge >= 0.3 is 5.97 Å². The summed E-state index contributed by atoms with van der Waals surface area (Å²) in [5.74, 6) is -0.135. The third-order valence-electron chi connectivity index (χ3n) is 1.07. The standard InChI is InChI=1S/C8H15O2/c1-4-5-6-8(9)10-7(2)3/h7H,2,4-6H2,1,3H3/t7-/m0/s1. The first-order valence-electron chi connectivity index (χ1n) is 3.69. The number of esters is 1. The van der Waals surface area contributed by atoms with Gasteiger partial charge < -0.3 is 4.74 Å². The molecule has 0 heterocycles. The van der Waals surface area contributed by atoms with Gasteiger partial charge in [-0.25, -0.2) is 0 Å². The van der Waals surface area contributed by atoms with E-state index in [1.807, 2.05) is 6.92 Å². The van der Waals surface area contributed by atoms with Crippen molar-refractivity contribution in [3.63, 3.8) is 0 Å². The quantitative estimate of drug-likeness (QED) is 0.562. The summed E-state index contributed by atoms with van der Waals surface area (Å²) < 4.78 is 4.80. The highest BCUT2D eigenvalue weighted by molar-refractivity contribution is 5.69. The largest absolute Gasteiger partial charge is 0.463 e. The van der Waals surface area contributed by atoms with Gasteiger partial charge in [-0.3, -0.25) is 4.79 Å². The van der Waals surface area contributed by atoms with Crippen molar-refractivity contribution in [1.29, 1.82) is 0 Å². The molecule has 59 valence electrons. The number of carbonyl (C=O) groups excluding carboxylic acids is 1. The van der Waals surface area contributed by atoms with Crippen LogP contribution in [0.25, 0.3) is 0 Å². The minimum Gasteiger partial charge on any atom is -0.463 e. The molecule has 0 saturated heterocycles. The average molecular weight is 143 g/mol. The van der Waals surface area contributed by atoms with Crippen molar-refractivity contribution in [3.05, 3.63) is 6.92 Å². The number of unbranched alkanes of at least 4 members (excludes halogenated alkanes) is 1. The van der Waals surface area contributed by atoms with Crippen molar-refractivity contribution in [2.75, 3.05) is 0 Å². The Kier molecular flexibility index (Phi) is 4.99. The Morgan fingerprint density at radius 1 is 1.70 bits per heavy atom. The molecular formula is C8H15O2. The molecule has 2 heteroatoms. The van der Waals surface area contributed by atoms with Gasteiger partial charge in [0.1, 0.15) is 0 Å². The van der Waals surface area contributed by atoms with Crippen LogP contribution < -0.4 is 0 Å². The maximum Gasteiger partial charge on any atom is 0.306 e. The topological polar surface area (TPSA) is 26.3 Å². The molecule has 0 N–H and O–H groups in total. The maximum atomic E-state index is 10.8. The Hall–Kier alpha value is -0.530. The van der Waals surface area contributed by atoms with Gasteiger partial charge in [0.2, 0.25) is 0 Å². The number of hydrogen-bond acceptors (Lipinski definition) is 2. The van der Waals surface area contributed by atoms with Crippen LogP contribution in [0.5, 0.6) is 0 Å². The van der Waals surface area contributed by atoms with E-state index in [2.05, 4.69) is 6.92 Å². The van der Waals surface area contributed by atoms with Crippen LogP contribution in [0.4, 0.5) is 0 Å². The average Bonchev–Trinajstić information content (AvgIpc) is 1.82. The van der Waals surface area contributed by atoms with Crippen LogP contribution in [-0.2, 0) is 9.53 Å². The lowest BCUT2D eigenvalue weighted by Crippen LogP contribution is -2.10. The highest BCUT2D eigenvalue weighted by atomic mass is 16.5. The molecule has 0 amide bonds. The third kappa shape index (κ3) is 5.60. The Morgan fingerprint density at radius 3 is 2.70 bits per heavy atom. The first kappa shape index (κ1) is 9.47. The maximum absolute atomic E-state index is 10.8. The van der Waals surface area contributed by atoms with Gasteiger partial charge in [-0.05, 0) is 20.3 Å². The molecule has 0 aliphatic rings. The molecule has 0 saturated carbocycles. The Labute approximate surface area is 62.6 Å². The van der Waals surface area contributed by atoms with Crippen LogP contribution in [0.1, 0.15) is 33.1 Å². The van der Waals surface area contributed by atoms with Crippen molar-refractivity contribution < 1.29 is 9.53 Å². The molecule has 1 radical (unpaired) electrons. The third-order valence-corrected chi connectivity index (χ3v) is 1.07. The fraction of sp³-hybridized carbons (Fsp3) is 0.750. The second kappa shape index (κ2) is 5.27. The van der Waals surface area contributed by atoms with E-state index in [0.717, 1.165) is 12.8 Å². The van der Waals surface area contributed by atoms with E-state index in [1.54, 1.807) is 6.92 Å². The molecule has 0 bridgehead atoms. The lowest BCUT2D eigenvalue weighted by molar-refractivity contribution is -0.146. The predicted octanol–water partition coefficient (Wildman–Crippen LogP) is 1.94. The summed E-state index contributed by atoms with van der Waals surface area (Å²) in [4.78, 5) is 10.8. The zero-order valence-electron chi connectivity index (χ0n) is 6.72. The van der Waals surface area contributed by atoms with Gasteiger partial charge in [0, 0.05) is 6.42 Å². The highest BCUT2D eigenvalue weighted by Gasteiger charge is 2.02. The molecule has 2 nitrogen and oxygen atoms in total. The van der Waals surface area contributed by atoms with Gasteiger partial charge in [-0.15, -0.1) is 0 Å². The zero-order chi connectivity index (χ0) is 7.98. The van der Waals surface area contributed by atoms with Crippen LogP contribution in [0.2, 0.25) is 0 Å². The normalized spacial score (nSPS) is 10.0. The molecule has 0 aliphatic heterocycles. The molecule has 0 aromatic rings. The van der Waals surface area contributed by atoms with Crippen molar-refractivity contribution in [2.24, 2.45) is 0 Å². The minimum atomic E-state index is -0.218. The van der Waals surface area contributed by atoms with Crippen molar-refractivity contribution in [1.82, 2.24) is 0 Å². The molecule has 1 atom stereocenters. The minimum absolute atomic E-state index is 0.135. The Bertz CT molecular complexity index is 97.4. The Balaban J connectivity index is 3.26. The molecule has 0 aromatic carbocycles. The number of rotatable bonds is 4. The van der Waals surface area contributed by atoms with Gasteiger partial charge in [0.25, 0.3) is 0 Å². The lowest BCUT2D eigenvalue weighted by atomic mass is 10.2. The van der Waals surface area contributed by atoms with Crippen LogP contribution in [0.3, 0.4) is 0 Å². The summed E-state index contributed by atoms with van der Waals surface area (Å²) in [5, 5.41) is 0. The summed E-state index contributed by atoms with van der Waals surface area (Å²) in [7, 11) is 0. The van der Waals surface area contributed by atoms with E-state index in [-0.39, 0.29) is 12.1 Å². The molecule has 10 heavy (non-hydrogen) atoms. The number of ether oxygens (including phenoxy) is 1. The predicted molar refractivity (Wildman–Crippen MR) is 40.4 cm³/mol. The first-order chi connectivity index (χ1) is 4.66. The molecular weight excluding hydrogens is 128 g/mol. The zero-order valence-corrected chi connectivity index (χ0v) is 6.72. The van der Waals surface area contributed by atoms with Crippen molar-refractivity contribution >= 4 is 5.97 Å². The molecule has 0 spiro atoms. The van der Waals surface area contributed by atoms with Gasteiger partial charge in [0.05, 0.1) is 6.10 Å². The summed E-state index contributed by atoms with van der Waals surface area (Å²) in [6.45, 7) is 7.34. The van der Waals surface area contributed by atoms with Gasteiger partial charge in [0.15, 0.2) is 0 Å². The molecule has 0 unspecified atom stereocenters. The van der Waals surface area contributed by atoms with Gasteiger partial charge in [-0.2, -0.15) is 0 Å². The molecule has 0 aromatic heterocycles. The van der Waals surface area contributed by atoms with Crippen LogP contribution in [0, 0.1) is 6.92 Å². The second-order valence-electron chi connectivity index (χ2n) is 2.40. The molecule has 0 rings (SSSR count). The summed E-state index contributed by atoms with van der Waals surface area (Å²) in [5.41, 5.74) is 0. The van der Waals surface area contributed by atoms with E-state index >= 15 is 0 Å². The smallest absolute Gasteiger partial charge is 0.306 e. The van der Waals surface area contributed by atoms with E-state index < -0.39 is 0 Å². The highest BCUT2D eigenvalue weighted by Crippen LogP contribution is 1.98. The molecule has 0 fully saturated rings. The van der Waals surface area contributed by atoms with E-state index in [1.165, 1.54) is 0 Å². The van der Waals surface area contributed by atoms with E-state index in [9.17, 15) is 4.79 Å². The van der Waals surface area contributed by atoms with Crippen LogP contribution >= 0.6 is 0 Å².